The van der Waals surface area contributed by atoms with Crippen LogP contribution in [0.15, 0.2) is 0 Å². The predicted molar refractivity (Wildman–Crippen MR) is 47.5 cm³/mol. The van der Waals surface area contributed by atoms with Crippen molar-refractivity contribution in [2.24, 2.45) is 11.8 Å². The predicted octanol–water partition coefficient (Wildman–Crippen LogP) is 3.48. The number of hydrogen-bond acceptors (Lipinski definition) is 0. The second-order valence-corrected chi connectivity index (χ2v) is 3.81. The molecule has 1 fully saturated rings. The molecule has 0 amide bonds. The van der Waals surface area contributed by atoms with Crippen molar-refractivity contribution in [3.05, 3.63) is 13.3 Å². The molecule has 0 saturated heterocycles. The zero-order chi connectivity index (χ0) is 6.85. The molecule has 1 aliphatic rings. The maximum absolute atomic E-state index is 2.36. The maximum atomic E-state index is 2.36. The zero-order valence-corrected chi connectivity index (χ0v) is 9.23. The van der Waals surface area contributed by atoms with Gasteiger partial charge in [0, 0.05) is 0 Å². The van der Waals surface area contributed by atoms with E-state index in [9.17, 15) is 0 Å². The fourth-order valence-electron chi connectivity index (χ4n) is 2.13. The Morgan fingerprint density at radius 1 is 1.09 bits per heavy atom. The second-order valence-electron chi connectivity index (χ2n) is 3.81. The van der Waals surface area contributed by atoms with Crippen LogP contribution in [-0.4, -0.2) is 0 Å². The van der Waals surface area contributed by atoms with Crippen LogP contribution in [0.25, 0.3) is 0 Å². The summed E-state index contributed by atoms with van der Waals surface area (Å²) in [5.74, 6) is 3.61. The molecule has 1 rings (SSSR count). The Morgan fingerprint density at radius 2 is 1.45 bits per heavy atom. The first kappa shape index (κ1) is 14.1. The van der Waals surface area contributed by atoms with Crippen molar-refractivity contribution < 1.29 is 17.1 Å². The van der Waals surface area contributed by atoms with Gasteiger partial charge < -0.3 is 13.3 Å². The summed E-state index contributed by atoms with van der Waals surface area (Å²) in [4.78, 5) is 0. The molecule has 0 aromatic rings. The molecule has 2 atom stereocenters. The third kappa shape index (κ3) is 4.87. The summed E-state index contributed by atoms with van der Waals surface area (Å²) in [6.07, 6.45) is 4.20. The summed E-state index contributed by atoms with van der Waals surface area (Å²) in [7, 11) is 0. The molecular formula is C10H20Fe+. The van der Waals surface area contributed by atoms with Crippen molar-refractivity contribution in [3.8, 4) is 0 Å². The van der Waals surface area contributed by atoms with Gasteiger partial charge in [-0.2, -0.15) is 19.8 Å². The number of rotatable bonds is 0. The van der Waals surface area contributed by atoms with Gasteiger partial charge in [-0.05, 0) is 0 Å². The van der Waals surface area contributed by atoms with Crippen LogP contribution in [-0.2, 0) is 17.1 Å². The third-order valence-electron chi connectivity index (χ3n) is 2.20. The van der Waals surface area contributed by atoms with Gasteiger partial charge in [0.15, 0.2) is 0 Å². The minimum absolute atomic E-state index is 0. The molecule has 0 N–H and O–H groups in total. The molecule has 0 aromatic carbocycles. The van der Waals surface area contributed by atoms with E-state index < -0.39 is 0 Å². The molecule has 67 valence electrons. The van der Waals surface area contributed by atoms with Crippen LogP contribution < -0.4 is 0 Å². The quantitative estimate of drug-likeness (QED) is 0.411. The van der Waals surface area contributed by atoms with Crippen molar-refractivity contribution in [1.29, 1.82) is 0 Å². The van der Waals surface area contributed by atoms with Crippen LogP contribution >= 0.6 is 0 Å². The van der Waals surface area contributed by atoms with Gasteiger partial charge >= 0.3 is 17.1 Å². The van der Waals surface area contributed by atoms with Crippen LogP contribution in [0, 0.1) is 25.2 Å². The van der Waals surface area contributed by atoms with E-state index in [2.05, 4.69) is 20.8 Å². The third-order valence-corrected chi connectivity index (χ3v) is 2.20. The Labute approximate surface area is 82.6 Å². The maximum Gasteiger partial charge on any atom is 3.00 e. The van der Waals surface area contributed by atoms with Crippen molar-refractivity contribution >= 4 is 0 Å². The van der Waals surface area contributed by atoms with Crippen molar-refractivity contribution in [2.45, 2.75) is 40.0 Å². The van der Waals surface area contributed by atoms with Crippen LogP contribution in [0.3, 0.4) is 0 Å². The summed E-state index contributed by atoms with van der Waals surface area (Å²) >= 11 is 0. The first-order chi connectivity index (χ1) is 4.18. The number of hydrogen-bond donors (Lipinski definition) is 0. The topological polar surface area (TPSA) is 0 Å². The monoisotopic (exact) mass is 196 g/mol. The van der Waals surface area contributed by atoms with E-state index in [0.717, 1.165) is 11.8 Å². The van der Waals surface area contributed by atoms with Crippen molar-refractivity contribution in [1.82, 2.24) is 0 Å². The smallest absolute Gasteiger partial charge is 0.358 e. The van der Waals surface area contributed by atoms with Gasteiger partial charge in [-0.25, -0.2) is 0 Å². The van der Waals surface area contributed by atoms with Crippen molar-refractivity contribution in [3.63, 3.8) is 0 Å². The molecule has 0 aromatic heterocycles. The Bertz CT molecular complexity index is 65.9. The van der Waals surface area contributed by atoms with Gasteiger partial charge in [-0.3, -0.25) is 0 Å². The minimum Gasteiger partial charge on any atom is -0.358 e. The Morgan fingerprint density at radius 3 is 1.73 bits per heavy atom. The molecule has 11 heavy (non-hydrogen) atoms. The normalized spacial score (nSPS) is 31.9. The molecule has 1 radical (unpaired) electrons. The molecule has 0 nitrogen and oxygen atoms in total. The van der Waals surface area contributed by atoms with E-state index in [4.69, 9.17) is 0 Å². The SMILES string of the molecule is C[C-]1CC(C)CC(C)C1.[CH3-].[Fe+3]. The molecule has 0 aliphatic heterocycles. The Kier molecular flexibility index (Phi) is 7.78. The standard InChI is InChI=1S/C9H17.CH3.Fe/c1-7-4-8(2)6-9(3)5-7;;/h7-8H,4-6H2,1-3H3;1H3;/q2*-1;+3. The molecule has 1 saturated carbocycles. The minimum atomic E-state index is 0. The average molecular weight is 196 g/mol. The van der Waals surface area contributed by atoms with Gasteiger partial charge in [0.05, 0.1) is 0 Å². The summed E-state index contributed by atoms with van der Waals surface area (Å²) in [5, 5.41) is 0. The molecule has 0 bridgehead atoms. The largest absolute Gasteiger partial charge is 3.00 e. The van der Waals surface area contributed by atoms with Crippen molar-refractivity contribution in [2.75, 3.05) is 0 Å². The van der Waals surface area contributed by atoms with Gasteiger partial charge in [0.25, 0.3) is 0 Å². The van der Waals surface area contributed by atoms with Crippen LogP contribution in [0.4, 0.5) is 0 Å². The molecule has 2 unspecified atom stereocenters. The first-order valence-corrected chi connectivity index (χ1v) is 3.99. The fraction of sp³-hybridized carbons (Fsp3) is 0.800. The molecule has 1 aliphatic carbocycles. The van der Waals surface area contributed by atoms with E-state index in [1.807, 2.05) is 0 Å². The van der Waals surface area contributed by atoms with Gasteiger partial charge in [-0.1, -0.05) is 32.1 Å². The average Bonchev–Trinajstić information content (AvgIpc) is 1.59. The molecule has 1 heteroatoms. The Balaban J connectivity index is 0. The summed E-state index contributed by atoms with van der Waals surface area (Å²) in [6, 6.07) is 0. The van der Waals surface area contributed by atoms with Crippen LogP contribution in [0.2, 0.25) is 0 Å². The van der Waals surface area contributed by atoms with E-state index >= 15 is 0 Å². The molecule has 0 spiro atoms. The van der Waals surface area contributed by atoms with Crippen LogP contribution in [0.1, 0.15) is 40.0 Å². The fourth-order valence-corrected chi connectivity index (χ4v) is 2.13. The summed E-state index contributed by atoms with van der Waals surface area (Å²) in [6.45, 7) is 7.02. The van der Waals surface area contributed by atoms with E-state index in [0.29, 0.717) is 0 Å². The van der Waals surface area contributed by atoms with Gasteiger partial charge in [-0.15, -0.1) is 0 Å². The molecule has 0 heterocycles. The second kappa shape index (κ2) is 6.08. The summed E-state index contributed by atoms with van der Waals surface area (Å²) in [5.41, 5.74) is 0. The van der Waals surface area contributed by atoms with Gasteiger partial charge in [0.2, 0.25) is 0 Å². The van der Waals surface area contributed by atoms with Gasteiger partial charge in [0.1, 0.15) is 0 Å². The first-order valence-electron chi connectivity index (χ1n) is 3.99. The van der Waals surface area contributed by atoms with E-state index in [1.54, 1.807) is 5.92 Å². The zero-order valence-electron chi connectivity index (χ0n) is 8.13. The van der Waals surface area contributed by atoms with Crippen LogP contribution in [0.5, 0.6) is 0 Å². The summed E-state index contributed by atoms with van der Waals surface area (Å²) < 4.78 is 0. The van der Waals surface area contributed by atoms with E-state index in [-0.39, 0.29) is 24.5 Å². The van der Waals surface area contributed by atoms with E-state index in [1.165, 1.54) is 19.3 Å². The molecular weight excluding hydrogens is 176 g/mol. The Hall–Kier alpha value is 0.519.